The largest absolute Gasteiger partial charge is 0.445 e. The van der Waals surface area contributed by atoms with E-state index in [1.165, 1.54) is 12.1 Å². The van der Waals surface area contributed by atoms with Crippen molar-refractivity contribution < 1.29 is 18.7 Å². The van der Waals surface area contributed by atoms with E-state index in [0.717, 1.165) is 11.1 Å². The number of piperidine rings is 1. The molecule has 1 fully saturated rings. The Bertz CT molecular complexity index is 757. The smallest absolute Gasteiger partial charge is 0.407 e. The second kappa shape index (κ2) is 9.16. The van der Waals surface area contributed by atoms with Gasteiger partial charge in [0.1, 0.15) is 12.4 Å². The Morgan fingerprint density at radius 1 is 1.00 bits per heavy atom. The van der Waals surface area contributed by atoms with Gasteiger partial charge in [-0.3, -0.25) is 4.79 Å². The molecular weight excluding hydrogens is 347 g/mol. The van der Waals surface area contributed by atoms with E-state index in [1.54, 1.807) is 17.0 Å². The summed E-state index contributed by atoms with van der Waals surface area (Å²) in [6.07, 6.45) is 1.21. The van der Waals surface area contributed by atoms with E-state index >= 15 is 0 Å². The predicted octanol–water partition coefficient (Wildman–Crippen LogP) is 3.29. The highest BCUT2D eigenvalue weighted by atomic mass is 19.1. The molecular formula is C21H23FN2O3. The molecule has 1 aliphatic heterocycles. The molecule has 27 heavy (non-hydrogen) atoms. The van der Waals surface area contributed by atoms with Crippen molar-refractivity contribution >= 4 is 12.0 Å². The molecule has 1 heterocycles. The maximum absolute atomic E-state index is 12.9. The fraction of sp³-hybridized carbons (Fsp3) is 0.333. The van der Waals surface area contributed by atoms with Crippen molar-refractivity contribution in [2.75, 3.05) is 13.1 Å². The molecule has 0 saturated carbocycles. The third-order valence-electron chi connectivity index (χ3n) is 4.65. The molecule has 0 atom stereocenters. The van der Waals surface area contributed by atoms with Gasteiger partial charge < -0.3 is 15.0 Å². The van der Waals surface area contributed by atoms with Gasteiger partial charge in [0.15, 0.2) is 0 Å². The quantitative estimate of drug-likeness (QED) is 0.879. The van der Waals surface area contributed by atoms with Crippen LogP contribution in [0, 0.1) is 5.82 Å². The summed E-state index contributed by atoms with van der Waals surface area (Å²) in [4.78, 5) is 26.1. The van der Waals surface area contributed by atoms with Gasteiger partial charge in [-0.05, 0) is 36.1 Å². The number of nitrogens with zero attached hydrogens (tertiary/aromatic N) is 1. The predicted molar refractivity (Wildman–Crippen MR) is 99.5 cm³/mol. The topological polar surface area (TPSA) is 58.6 Å². The number of hydrogen-bond acceptors (Lipinski definition) is 3. The van der Waals surface area contributed by atoms with Gasteiger partial charge in [-0.2, -0.15) is 0 Å². The van der Waals surface area contributed by atoms with Gasteiger partial charge in [0, 0.05) is 19.1 Å². The zero-order valence-electron chi connectivity index (χ0n) is 15.1. The zero-order chi connectivity index (χ0) is 19.1. The molecule has 1 N–H and O–H groups in total. The van der Waals surface area contributed by atoms with Crippen LogP contribution in [0.4, 0.5) is 9.18 Å². The molecule has 0 aromatic heterocycles. The van der Waals surface area contributed by atoms with Crippen LogP contribution in [-0.4, -0.2) is 36.0 Å². The van der Waals surface area contributed by atoms with E-state index < -0.39 is 6.09 Å². The van der Waals surface area contributed by atoms with Crippen LogP contribution in [0.15, 0.2) is 54.6 Å². The van der Waals surface area contributed by atoms with Crippen molar-refractivity contribution in [1.29, 1.82) is 0 Å². The van der Waals surface area contributed by atoms with Crippen LogP contribution in [0.1, 0.15) is 24.0 Å². The molecule has 0 bridgehead atoms. The number of amides is 2. The van der Waals surface area contributed by atoms with E-state index in [4.69, 9.17) is 4.74 Å². The lowest BCUT2D eigenvalue weighted by atomic mass is 10.0. The Hall–Kier alpha value is -2.89. The lowest BCUT2D eigenvalue weighted by molar-refractivity contribution is -0.131. The van der Waals surface area contributed by atoms with Crippen LogP contribution in [0.25, 0.3) is 0 Å². The van der Waals surface area contributed by atoms with Crippen molar-refractivity contribution in [3.63, 3.8) is 0 Å². The van der Waals surface area contributed by atoms with Gasteiger partial charge in [-0.25, -0.2) is 9.18 Å². The number of carbonyl (C=O) groups excluding carboxylic acids is 2. The molecule has 1 saturated heterocycles. The van der Waals surface area contributed by atoms with Crippen LogP contribution >= 0.6 is 0 Å². The van der Waals surface area contributed by atoms with Gasteiger partial charge in [0.2, 0.25) is 5.91 Å². The third kappa shape index (κ3) is 5.81. The number of likely N-dealkylation sites (tertiary alicyclic amines) is 1. The SMILES string of the molecule is O=C(NC1CCN(C(=O)Cc2ccc(F)cc2)CC1)OCc1ccccc1. The summed E-state index contributed by atoms with van der Waals surface area (Å²) < 4.78 is 18.2. The van der Waals surface area contributed by atoms with Gasteiger partial charge >= 0.3 is 6.09 Å². The minimum absolute atomic E-state index is 0.00291. The maximum Gasteiger partial charge on any atom is 0.407 e. The molecule has 0 aliphatic carbocycles. The van der Waals surface area contributed by atoms with Gasteiger partial charge in [0.05, 0.1) is 6.42 Å². The second-order valence-corrected chi connectivity index (χ2v) is 6.66. The first-order chi connectivity index (χ1) is 13.1. The molecule has 2 aromatic carbocycles. The highest BCUT2D eigenvalue weighted by Crippen LogP contribution is 2.13. The number of hydrogen-bond donors (Lipinski definition) is 1. The van der Waals surface area contributed by atoms with Gasteiger partial charge in [0.25, 0.3) is 0 Å². The highest BCUT2D eigenvalue weighted by Gasteiger charge is 2.24. The van der Waals surface area contributed by atoms with Crippen LogP contribution in [0.3, 0.4) is 0 Å². The Morgan fingerprint density at radius 3 is 2.33 bits per heavy atom. The highest BCUT2D eigenvalue weighted by molar-refractivity contribution is 5.79. The molecule has 5 nitrogen and oxygen atoms in total. The van der Waals surface area contributed by atoms with Gasteiger partial charge in [-0.15, -0.1) is 0 Å². The normalized spacial score (nSPS) is 14.6. The van der Waals surface area contributed by atoms with Crippen LogP contribution in [-0.2, 0) is 22.6 Å². The van der Waals surface area contributed by atoms with E-state index in [2.05, 4.69) is 5.32 Å². The number of nitrogens with one attached hydrogen (secondary N) is 1. The van der Waals surface area contributed by atoms with Crippen LogP contribution in [0.2, 0.25) is 0 Å². The molecule has 0 unspecified atom stereocenters. The molecule has 142 valence electrons. The summed E-state index contributed by atoms with van der Waals surface area (Å²) in [6, 6.07) is 15.5. The molecule has 0 spiro atoms. The first kappa shape index (κ1) is 18.9. The second-order valence-electron chi connectivity index (χ2n) is 6.66. The maximum atomic E-state index is 12.9. The summed E-state index contributed by atoms with van der Waals surface area (Å²) in [7, 11) is 0. The molecule has 2 amide bonds. The summed E-state index contributed by atoms with van der Waals surface area (Å²) in [6.45, 7) is 1.41. The average molecular weight is 370 g/mol. The lowest BCUT2D eigenvalue weighted by Crippen LogP contribution is -2.47. The van der Waals surface area contributed by atoms with Crippen molar-refractivity contribution in [3.8, 4) is 0 Å². The lowest BCUT2D eigenvalue weighted by Gasteiger charge is -2.32. The fourth-order valence-corrected chi connectivity index (χ4v) is 3.09. The first-order valence-electron chi connectivity index (χ1n) is 9.09. The minimum atomic E-state index is -0.435. The van der Waals surface area contributed by atoms with Gasteiger partial charge in [-0.1, -0.05) is 42.5 Å². The summed E-state index contributed by atoms with van der Waals surface area (Å²) in [5, 5.41) is 2.86. The molecule has 2 aromatic rings. The molecule has 0 radical (unpaired) electrons. The number of ether oxygens (including phenoxy) is 1. The monoisotopic (exact) mass is 370 g/mol. The van der Waals surface area contributed by atoms with E-state index in [0.29, 0.717) is 25.9 Å². The number of benzene rings is 2. The Labute approximate surface area is 158 Å². The van der Waals surface area contributed by atoms with E-state index in [9.17, 15) is 14.0 Å². The Kier molecular flexibility index (Phi) is 6.41. The standard InChI is InChI=1S/C21H23FN2O3/c22-18-8-6-16(7-9-18)14-20(25)24-12-10-19(11-13-24)23-21(26)27-15-17-4-2-1-3-5-17/h1-9,19H,10-15H2,(H,23,26). The van der Waals surface area contributed by atoms with Crippen molar-refractivity contribution in [2.45, 2.75) is 31.9 Å². The Balaban J connectivity index is 1.38. The van der Waals surface area contributed by atoms with Crippen molar-refractivity contribution in [3.05, 3.63) is 71.5 Å². The zero-order valence-corrected chi connectivity index (χ0v) is 15.1. The van der Waals surface area contributed by atoms with Crippen molar-refractivity contribution in [2.24, 2.45) is 0 Å². The minimum Gasteiger partial charge on any atom is -0.445 e. The number of halogens is 1. The van der Waals surface area contributed by atoms with Crippen molar-refractivity contribution in [1.82, 2.24) is 10.2 Å². The number of alkyl carbamates (subject to hydrolysis) is 1. The van der Waals surface area contributed by atoms with Crippen LogP contribution < -0.4 is 5.32 Å². The fourth-order valence-electron chi connectivity index (χ4n) is 3.09. The number of carbonyl (C=O) groups is 2. The van der Waals surface area contributed by atoms with E-state index in [-0.39, 0.29) is 30.8 Å². The molecule has 1 aliphatic rings. The average Bonchev–Trinajstić information content (AvgIpc) is 2.69. The van der Waals surface area contributed by atoms with E-state index in [1.807, 2.05) is 30.3 Å². The number of rotatable bonds is 5. The summed E-state index contributed by atoms with van der Waals surface area (Å²) >= 11 is 0. The summed E-state index contributed by atoms with van der Waals surface area (Å²) in [5.74, 6) is -0.288. The third-order valence-corrected chi connectivity index (χ3v) is 4.65. The molecule has 3 rings (SSSR count). The molecule has 6 heteroatoms. The summed E-state index contributed by atoms with van der Waals surface area (Å²) in [5.41, 5.74) is 1.74. The first-order valence-corrected chi connectivity index (χ1v) is 9.09. The Morgan fingerprint density at radius 2 is 1.67 bits per heavy atom. The van der Waals surface area contributed by atoms with Crippen LogP contribution in [0.5, 0.6) is 0 Å².